The van der Waals surface area contributed by atoms with E-state index in [1.54, 1.807) is 0 Å². The molecule has 0 aliphatic carbocycles. The lowest BCUT2D eigenvalue weighted by Crippen LogP contribution is -2.60. The van der Waals surface area contributed by atoms with Gasteiger partial charge in [-0.25, -0.2) is 0 Å². The first-order valence-electron chi connectivity index (χ1n) is 9.36. The summed E-state index contributed by atoms with van der Waals surface area (Å²) >= 11 is 2.44. The molecule has 3 nitrogen and oxygen atoms in total. The Morgan fingerprint density at radius 2 is 1.96 bits per heavy atom. The Kier molecular flexibility index (Phi) is 8.47. The molecule has 1 N–H and O–H groups in total. The fourth-order valence-electron chi connectivity index (χ4n) is 3.88. The van der Waals surface area contributed by atoms with Gasteiger partial charge in [-0.15, -0.1) is 0 Å². The van der Waals surface area contributed by atoms with Gasteiger partial charge in [0.05, 0.1) is 12.1 Å². The molecule has 0 spiro atoms. The number of piperazine rings is 1. The van der Waals surface area contributed by atoms with Gasteiger partial charge in [-0.2, -0.15) is 0 Å². The van der Waals surface area contributed by atoms with Gasteiger partial charge in [0.15, 0.2) is 0 Å². The second-order valence-corrected chi connectivity index (χ2v) is 9.37. The summed E-state index contributed by atoms with van der Waals surface area (Å²) in [6.45, 7) is 10.2. The first-order valence-corrected chi connectivity index (χ1v) is 10.6. The van der Waals surface area contributed by atoms with Crippen LogP contribution in [-0.4, -0.2) is 57.2 Å². The van der Waals surface area contributed by atoms with Crippen molar-refractivity contribution < 1.29 is 5.11 Å². The largest absolute Gasteiger partial charge is 0.394 e. The molecule has 1 aromatic carbocycles. The first kappa shape index (κ1) is 20.1. The highest BCUT2D eigenvalue weighted by Gasteiger charge is 2.44. The van der Waals surface area contributed by atoms with Crippen molar-refractivity contribution in [3.63, 3.8) is 0 Å². The van der Waals surface area contributed by atoms with E-state index in [1.165, 1.54) is 31.4 Å². The van der Waals surface area contributed by atoms with E-state index >= 15 is 0 Å². The van der Waals surface area contributed by atoms with Gasteiger partial charge in [0, 0.05) is 30.1 Å². The Morgan fingerprint density at radius 3 is 2.54 bits per heavy atom. The number of halogens is 1. The lowest BCUT2D eigenvalue weighted by molar-refractivity contribution is -0.0128. The zero-order valence-corrected chi connectivity index (χ0v) is 17.4. The number of hydrogen-bond acceptors (Lipinski definition) is 3. The topological polar surface area (TPSA) is 26.7 Å². The fraction of sp³-hybridized carbons (Fsp3) is 0.700. The summed E-state index contributed by atoms with van der Waals surface area (Å²) in [4.78, 5) is 4.99. The summed E-state index contributed by atoms with van der Waals surface area (Å²) in [6.07, 6.45) is 5.07. The van der Waals surface area contributed by atoms with Gasteiger partial charge >= 0.3 is 0 Å². The van der Waals surface area contributed by atoms with Crippen LogP contribution in [0.1, 0.15) is 45.1 Å². The quantitative estimate of drug-likeness (QED) is 0.551. The number of aliphatic hydroxyl groups is 1. The van der Waals surface area contributed by atoms with E-state index in [-0.39, 0.29) is 5.54 Å². The second-order valence-electron chi connectivity index (χ2n) is 7.24. The monoisotopic (exact) mass is 444 g/mol. The van der Waals surface area contributed by atoms with Crippen molar-refractivity contribution >= 4 is 22.6 Å². The molecule has 24 heavy (non-hydrogen) atoms. The third kappa shape index (κ3) is 5.68. The molecule has 2 saturated heterocycles. The molecule has 2 atom stereocenters. The Morgan fingerprint density at radius 1 is 1.21 bits per heavy atom. The number of hydrogen-bond donors (Lipinski definition) is 1. The van der Waals surface area contributed by atoms with Crippen LogP contribution in [0.3, 0.4) is 0 Å². The molecule has 2 unspecified atom stereocenters. The molecule has 1 aromatic rings. The minimum Gasteiger partial charge on any atom is -0.394 e. The number of nitrogens with zero attached hydrogens (tertiary/aromatic N) is 2. The van der Waals surface area contributed by atoms with Crippen LogP contribution >= 0.6 is 22.6 Å². The second kappa shape index (κ2) is 10.1. The van der Waals surface area contributed by atoms with Gasteiger partial charge in [0.25, 0.3) is 0 Å². The molecule has 0 aromatic heterocycles. The summed E-state index contributed by atoms with van der Waals surface area (Å²) in [6, 6.07) is 10.6. The van der Waals surface area contributed by atoms with E-state index in [1.807, 2.05) is 0 Å². The maximum absolute atomic E-state index is 9.77. The summed E-state index contributed by atoms with van der Waals surface area (Å²) < 4.78 is 0.868. The lowest BCUT2D eigenvalue weighted by atomic mass is 9.94. The number of fused-ring (bicyclic) bond motifs is 1. The van der Waals surface area contributed by atoms with E-state index in [2.05, 4.69) is 76.6 Å². The molecular weight excluding hydrogens is 411 g/mol. The third-order valence-electron chi connectivity index (χ3n) is 5.17. The molecule has 0 radical (unpaired) electrons. The van der Waals surface area contributed by atoms with Gasteiger partial charge in [-0.1, -0.05) is 73.2 Å². The smallest absolute Gasteiger partial charge is 0.0628 e. The van der Waals surface area contributed by atoms with Gasteiger partial charge in [0.2, 0.25) is 0 Å². The molecule has 4 heteroatoms. The van der Waals surface area contributed by atoms with Crippen molar-refractivity contribution in [3.8, 4) is 0 Å². The van der Waals surface area contributed by atoms with Crippen LogP contribution in [0.4, 0.5) is 0 Å². The summed E-state index contributed by atoms with van der Waals surface area (Å²) in [5.74, 6) is 0. The number of benzene rings is 1. The highest BCUT2D eigenvalue weighted by Crippen LogP contribution is 2.32. The predicted octanol–water partition coefficient (Wildman–Crippen LogP) is 3.94. The van der Waals surface area contributed by atoms with Crippen molar-refractivity contribution in [2.75, 3.05) is 32.8 Å². The molecule has 0 bridgehead atoms. The summed E-state index contributed by atoms with van der Waals surface area (Å²) in [7, 11) is 0. The molecule has 2 heterocycles. The maximum Gasteiger partial charge on any atom is 0.0628 e. The van der Waals surface area contributed by atoms with Crippen LogP contribution in [0.15, 0.2) is 30.3 Å². The summed E-state index contributed by atoms with van der Waals surface area (Å²) in [5.41, 5.74) is 1.42. The van der Waals surface area contributed by atoms with Crippen molar-refractivity contribution in [1.82, 2.24) is 9.80 Å². The van der Waals surface area contributed by atoms with E-state index in [0.29, 0.717) is 6.61 Å². The molecule has 2 aliphatic rings. The van der Waals surface area contributed by atoms with E-state index in [0.717, 1.165) is 36.5 Å². The van der Waals surface area contributed by atoms with E-state index in [9.17, 15) is 5.11 Å². The average Bonchev–Trinajstić information content (AvgIpc) is 3.00. The molecule has 2 fully saturated rings. The molecular formula is C20H33IN2O. The Labute approximate surface area is 161 Å². The number of rotatable bonds is 5. The molecule has 0 saturated carbocycles. The summed E-state index contributed by atoms with van der Waals surface area (Å²) in [5, 5.41) is 9.77. The molecule has 3 rings (SSSR count). The molecule has 2 aliphatic heterocycles. The SMILES string of the molecule is CCCC(C)I.OCC12CCCN1CCN(Cc1ccccc1)C2. The lowest BCUT2D eigenvalue weighted by Gasteiger charge is -2.46. The number of alkyl halides is 1. The average molecular weight is 444 g/mol. The first-order chi connectivity index (χ1) is 11.6. The van der Waals surface area contributed by atoms with Crippen LogP contribution in [0.5, 0.6) is 0 Å². The Bertz CT molecular complexity index is 468. The van der Waals surface area contributed by atoms with Crippen LogP contribution in [0.25, 0.3) is 0 Å². The minimum absolute atomic E-state index is 0.0486. The third-order valence-corrected chi connectivity index (χ3v) is 5.80. The zero-order valence-electron chi connectivity index (χ0n) is 15.3. The number of aliphatic hydroxyl groups excluding tert-OH is 1. The van der Waals surface area contributed by atoms with Gasteiger partial charge in [0.1, 0.15) is 0 Å². The van der Waals surface area contributed by atoms with E-state index in [4.69, 9.17) is 0 Å². The standard InChI is InChI=1S/C15H22N2O.C5H11I/c18-13-15-7-4-8-17(15)10-9-16(12-15)11-14-5-2-1-3-6-14;1-3-4-5(2)6/h1-3,5-6,18H,4,7-13H2;5H,3-4H2,1-2H3. The Balaban J connectivity index is 0.000000301. The highest BCUT2D eigenvalue weighted by atomic mass is 127. The molecule has 136 valence electrons. The van der Waals surface area contributed by atoms with Gasteiger partial charge in [-0.05, 0) is 31.4 Å². The van der Waals surface area contributed by atoms with Crippen LogP contribution in [-0.2, 0) is 6.54 Å². The van der Waals surface area contributed by atoms with Crippen LogP contribution in [0.2, 0.25) is 0 Å². The van der Waals surface area contributed by atoms with Crippen molar-refractivity contribution in [2.24, 2.45) is 0 Å². The zero-order chi connectivity index (χ0) is 17.4. The molecule has 0 amide bonds. The van der Waals surface area contributed by atoms with Crippen LogP contribution < -0.4 is 0 Å². The van der Waals surface area contributed by atoms with Gasteiger partial charge < -0.3 is 5.11 Å². The van der Waals surface area contributed by atoms with Crippen LogP contribution in [0, 0.1) is 0 Å². The highest BCUT2D eigenvalue weighted by molar-refractivity contribution is 14.1. The van der Waals surface area contributed by atoms with Crippen molar-refractivity contribution in [1.29, 1.82) is 0 Å². The fourth-order valence-corrected chi connectivity index (χ4v) is 4.51. The Hall–Kier alpha value is -0.170. The predicted molar refractivity (Wildman–Crippen MR) is 111 cm³/mol. The normalized spacial score (nSPS) is 25.7. The van der Waals surface area contributed by atoms with Crippen molar-refractivity contribution in [3.05, 3.63) is 35.9 Å². The van der Waals surface area contributed by atoms with Gasteiger partial charge in [-0.3, -0.25) is 9.80 Å². The van der Waals surface area contributed by atoms with E-state index < -0.39 is 0 Å². The van der Waals surface area contributed by atoms with Crippen molar-refractivity contribution in [2.45, 2.75) is 55.5 Å². The minimum atomic E-state index is 0.0486. The maximum atomic E-state index is 9.77.